The molecule has 37 heavy (non-hydrogen) atoms. The van der Waals surface area contributed by atoms with Gasteiger partial charge in [-0.3, -0.25) is 9.59 Å². The highest BCUT2D eigenvalue weighted by molar-refractivity contribution is 6.08. The average molecular weight is 495 g/mol. The van der Waals surface area contributed by atoms with Crippen LogP contribution in [0.15, 0.2) is 95.6 Å². The van der Waals surface area contributed by atoms with Crippen molar-refractivity contribution in [2.45, 2.75) is 31.7 Å². The predicted octanol–water partition coefficient (Wildman–Crippen LogP) is 5.60. The quantitative estimate of drug-likeness (QED) is 0.401. The predicted molar refractivity (Wildman–Crippen MR) is 143 cm³/mol. The highest BCUT2D eigenvalue weighted by atomic mass is 16.5. The molecule has 0 bridgehead atoms. The summed E-state index contributed by atoms with van der Waals surface area (Å²) in [6.07, 6.45) is 5.14. The van der Waals surface area contributed by atoms with Gasteiger partial charge in [0.05, 0.1) is 25.3 Å². The monoisotopic (exact) mass is 494 g/mol. The molecular formula is C31H30N2O4. The van der Waals surface area contributed by atoms with Gasteiger partial charge in [0.15, 0.2) is 6.61 Å². The highest BCUT2D eigenvalue weighted by Gasteiger charge is 2.43. The third-order valence-electron chi connectivity index (χ3n) is 6.88. The second-order valence-corrected chi connectivity index (χ2v) is 9.35. The Labute approximate surface area is 217 Å². The summed E-state index contributed by atoms with van der Waals surface area (Å²) in [5.74, 6) is -0.0231. The number of benzene rings is 3. The van der Waals surface area contributed by atoms with Crippen LogP contribution in [0, 0.1) is 5.92 Å². The number of amides is 1. The molecule has 1 aliphatic heterocycles. The van der Waals surface area contributed by atoms with Crippen molar-refractivity contribution < 1.29 is 19.1 Å². The fraction of sp³-hybridized carbons (Fsp3) is 0.258. The lowest BCUT2D eigenvalue weighted by Gasteiger charge is -2.29. The summed E-state index contributed by atoms with van der Waals surface area (Å²) in [5, 5.41) is 6.39. The average Bonchev–Trinajstić information content (AvgIpc) is 3.34. The van der Waals surface area contributed by atoms with Crippen molar-refractivity contribution in [1.82, 2.24) is 5.01 Å². The van der Waals surface area contributed by atoms with Crippen molar-refractivity contribution in [3.8, 4) is 5.75 Å². The molecule has 0 spiro atoms. The number of rotatable bonds is 7. The molecule has 0 aromatic heterocycles. The summed E-state index contributed by atoms with van der Waals surface area (Å²) in [6, 6.07) is 27.2. The molecule has 2 aliphatic rings. The Kier molecular flexibility index (Phi) is 7.45. The van der Waals surface area contributed by atoms with Crippen molar-refractivity contribution in [2.75, 3.05) is 13.7 Å². The zero-order chi connectivity index (χ0) is 25.6. The number of nitrogens with zero attached hydrogens (tertiary/aromatic N) is 2. The number of hydrogen-bond donors (Lipinski definition) is 0. The molecule has 6 heteroatoms. The Hall–Kier alpha value is -4.19. The van der Waals surface area contributed by atoms with Crippen LogP contribution in [-0.4, -0.2) is 36.3 Å². The van der Waals surface area contributed by atoms with Crippen LogP contribution in [0.5, 0.6) is 5.75 Å². The van der Waals surface area contributed by atoms with Gasteiger partial charge in [0, 0.05) is 5.92 Å². The summed E-state index contributed by atoms with van der Waals surface area (Å²) in [7, 11) is 1.58. The van der Waals surface area contributed by atoms with Gasteiger partial charge in [-0.25, -0.2) is 5.01 Å². The zero-order valence-electron chi connectivity index (χ0n) is 20.9. The van der Waals surface area contributed by atoms with Gasteiger partial charge in [-0.2, -0.15) is 5.10 Å². The van der Waals surface area contributed by atoms with Gasteiger partial charge in [0.2, 0.25) is 0 Å². The SMILES string of the molecule is COc1cccc(CC(=O)OCC(=O)N2N=C3/C(=C/c4ccccc4)CCC[C@@H]3[C@@H]2c2ccccc2)c1. The van der Waals surface area contributed by atoms with E-state index in [1.54, 1.807) is 13.2 Å². The molecule has 1 aliphatic carbocycles. The second-order valence-electron chi connectivity index (χ2n) is 9.35. The summed E-state index contributed by atoms with van der Waals surface area (Å²) < 4.78 is 10.6. The minimum atomic E-state index is -0.466. The van der Waals surface area contributed by atoms with Crippen molar-refractivity contribution in [1.29, 1.82) is 0 Å². The molecule has 0 saturated heterocycles. The van der Waals surface area contributed by atoms with E-state index in [0.29, 0.717) is 5.75 Å². The van der Waals surface area contributed by atoms with Gasteiger partial charge in [-0.15, -0.1) is 0 Å². The Balaban J connectivity index is 1.35. The fourth-order valence-electron chi connectivity index (χ4n) is 5.15. The lowest BCUT2D eigenvalue weighted by atomic mass is 9.77. The first-order chi connectivity index (χ1) is 18.1. The van der Waals surface area contributed by atoms with Gasteiger partial charge in [0.25, 0.3) is 5.91 Å². The number of hydrogen-bond acceptors (Lipinski definition) is 5. The number of carbonyl (C=O) groups excluding carboxylic acids is 2. The largest absolute Gasteiger partial charge is 0.497 e. The normalized spacial score (nSPS) is 19.8. The summed E-state index contributed by atoms with van der Waals surface area (Å²) in [6.45, 7) is -0.354. The molecule has 1 heterocycles. The Morgan fingerprint density at radius 1 is 1.00 bits per heavy atom. The number of allylic oxidation sites excluding steroid dienone is 1. The van der Waals surface area contributed by atoms with Gasteiger partial charge >= 0.3 is 5.97 Å². The van der Waals surface area contributed by atoms with E-state index in [1.807, 2.05) is 66.7 Å². The molecule has 1 fully saturated rings. The van der Waals surface area contributed by atoms with Crippen LogP contribution < -0.4 is 4.74 Å². The third kappa shape index (κ3) is 5.64. The van der Waals surface area contributed by atoms with E-state index in [4.69, 9.17) is 14.6 Å². The molecule has 2 atom stereocenters. The minimum absolute atomic E-state index is 0.0632. The molecular weight excluding hydrogens is 464 g/mol. The lowest BCUT2D eigenvalue weighted by molar-refractivity contribution is -0.152. The number of methoxy groups -OCH3 is 1. The van der Waals surface area contributed by atoms with E-state index in [-0.39, 0.29) is 30.9 Å². The van der Waals surface area contributed by atoms with Gasteiger partial charge in [-0.1, -0.05) is 72.8 Å². The van der Waals surface area contributed by atoms with Crippen molar-refractivity contribution in [3.05, 3.63) is 107 Å². The third-order valence-corrected chi connectivity index (χ3v) is 6.88. The smallest absolute Gasteiger partial charge is 0.310 e. The number of hydrazone groups is 1. The molecule has 6 nitrogen and oxygen atoms in total. The molecule has 5 rings (SSSR count). The fourth-order valence-corrected chi connectivity index (χ4v) is 5.15. The molecule has 188 valence electrons. The number of fused-ring (bicyclic) bond motifs is 1. The molecule has 1 saturated carbocycles. The lowest BCUT2D eigenvalue weighted by Crippen LogP contribution is -2.34. The minimum Gasteiger partial charge on any atom is -0.497 e. The first kappa shape index (κ1) is 24.5. The molecule has 0 radical (unpaired) electrons. The highest BCUT2D eigenvalue weighted by Crippen LogP contribution is 2.44. The van der Waals surface area contributed by atoms with Crippen LogP contribution in [0.1, 0.15) is 42.0 Å². The van der Waals surface area contributed by atoms with Gasteiger partial charge < -0.3 is 9.47 Å². The maximum atomic E-state index is 13.4. The Morgan fingerprint density at radius 2 is 1.76 bits per heavy atom. The molecule has 0 unspecified atom stereocenters. The van der Waals surface area contributed by atoms with Crippen LogP contribution >= 0.6 is 0 Å². The van der Waals surface area contributed by atoms with Crippen LogP contribution in [0.25, 0.3) is 6.08 Å². The maximum Gasteiger partial charge on any atom is 0.310 e. The van der Waals surface area contributed by atoms with E-state index in [9.17, 15) is 9.59 Å². The van der Waals surface area contributed by atoms with E-state index in [1.165, 1.54) is 5.01 Å². The second kappa shape index (κ2) is 11.2. The van der Waals surface area contributed by atoms with Gasteiger partial charge in [0.1, 0.15) is 5.75 Å². The Bertz CT molecular complexity index is 1320. The zero-order valence-corrected chi connectivity index (χ0v) is 20.9. The number of ether oxygens (including phenoxy) is 2. The van der Waals surface area contributed by atoms with Gasteiger partial charge in [-0.05, 0) is 59.7 Å². The Morgan fingerprint density at radius 3 is 2.51 bits per heavy atom. The van der Waals surface area contributed by atoms with E-state index >= 15 is 0 Å². The van der Waals surface area contributed by atoms with E-state index in [2.05, 4.69) is 18.2 Å². The molecule has 3 aromatic rings. The van der Waals surface area contributed by atoms with Crippen molar-refractivity contribution >= 4 is 23.7 Å². The number of esters is 1. The standard InChI is InChI=1S/C31H30N2O4/c1-36-26-16-8-12-23(19-26)20-29(35)37-21-28(34)33-31(24-13-6-3-7-14-24)27-17-9-15-25(30(27)32-33)18-22-10-4-2-5-11-22/h2-8,10-14,16,18-19,27,31H,9,15,17,20-21H2,1H3/b25-18+/t27-,31-/m0/s1. The molecule has 1 amide bonds. The van der Waals surface area contributed by atoms with E-state index < -0.39 is 5.97 Å². The first-order valence-corrected chi connectivity index (χ1v) is 12.6. The van der Waals surface area contributed by atoms with Crippen LogP contribution in [0.3, 0.4) is 0 Å². The topological polar surface area (TPSA) is 68.2 Å². The maximum absolute atomic E-state index is 13.4. The summed E-state index contributed by atoms with van der Waals surface area (Å²) in [5.41, 5.74) is 5.03. The molecule has 0 N–H and O–H groups in total. The van der Waals surface area contributed by atoms with Crippen molar-refractivity contribution in [3.63, 3.8) is 0 Å². The van der Waals surface area contributed by atoms with Crippen LogP contribution in [0.2, 0.25) is 0 Å². The molecule has 3 aromatic carbocycles. The van der Waals surface area contributed by atoms with Crippen LogP contribution in [-0.2, 0) is 20.7 Å². The number of carbonyl (C=O) groups is 2. The van der Waals surface area contributed by atoms with E-state index in [0.717, 1.165) is 47.2 Å². The summed E-state index contributed by atoms with van der Waals surface area (Å²) in [4.78, 5) is 25.9. The first-order valence-electron chi connectivity index (χ1n) is 12.6. The van der Waals surface area contributed by atoms with Crippen molar-refractivity contribution in [2.24, 2.45) is 11.0 Å². The summed E-state index contributed by atoms with van der Waals surface area (Å²) >= 11 is 0. The van der Waals surface area contributed by atoms with Crippen LogP contribution in [0.4, 0.5) is 0 Å².